The summed E-state index contributed by atoms with van der Waals surface area (Å²) >= 11 is 0. The molecule has 0 aliphatic carbocycles. The molecule has 2 saturated heterocycles. The van der Waals surface area contributed by atoms with Gasteiger partial charge < -0.3 is 35.0 Å². The molecule has 0 aromatic carbocycles. The summed E-state index contributed by atoms with van der Waals surface area (Å²) in [4.78, 5) is 0. The van der Waals surface area contributed by atoms with E-state index in [0.717, 1.165) is 0 Å². The van der Waals surface area contributed by atoms with Crippen LogP contribution in [0, 0.1) is 0 Å². The van der Waals surface area contributed by atoms with Gasteiger partial charge in [0.15, 0.2) is 0 Å². The summed E-state index contributed by atoms with van der Waals surface area (Å²) in [6.45, 7) is 4.15. The van der Waals surface area contributed by atoms with Crippen molar-refractivity contribution in [3.05, 3.63) is 0 Å². The van der Waals surface area contributed by atoms with Crippen LogP contribution in [-0.2, 0) is 9.47 Å². The van der Waals surface area contributed by atoms with Crippen molar-refractivity contribution in [3.63, 3.8) is 0 Å². The van der Waals surface area contributed by atoms with Crippen molar-refractivity contribution >= 4 is 0 Å². The number of hydrogen-bond acceptors (Lipinski definition) is 7. The van der Waals surface area contributed by atoms with E-state index in [2.05, 4.69) is 0 Å². The van der Waals surface area contributed by atoms with Gasteiger partial charge in [0.05, 0.1) is 30.5 Å². The molecule has 2 rings (SSSR count). The van der Waals surface area contributed by atoms with Gasteiger partial charge in [0, 0.05) is 6.42 Å². The molecular weight excluding hydrogens is 268 g/mol. The number of aliphatic hydroxyl groups excluding tert-OH is 4. The van der Waals surface area contributed by atoms with Crippen LogP contribution in [-0.4, -0.2) is 80.0 Å². The molecule has 0 aromatic heterocycles. The molecule has 8 unspecified atom stereocenters. The molecular formula is C13H24O7. The van der Waals surface area contributed by atoms with E-state index in [1.807, 2.05) is 0 Å². The van der Waals surface area contributed by atoms with E-state index in [1.54, 1.807) is 20.8 Å². The average molecular weight is 292 g/mol. The van der Waals surface area contributed by atoms with Gasteiger partial charge >= 0.3 is 0 Å². The summed E-state index contributed by atoms with van der Waals surface area (Å²) in [6, 6.07) is 0. The predicted molar refractivity (Wildman–Crippen MR) is 68.0 cm³/mol. The molecule has 0 aromatic rings. The van der Waals surface area contributed by atoms with Gasteiger partial charge in [-0.05, 0) is 20.8 Å². The molecule has 7 heteroatoms. The third kappa shape index (κ3) is 2.27. The lowest BCUT2D eigenvalue weighted by Crippen LogP contribution is -2.65. The number of hydrogen-bond donors (Lipinski definition) is 5. The first-order chi connectivity index (χ1) is 9.15. The lowest BCUT2D eigenvalue weighted by molar-refractivity contribution is -0.262. The Morgan fingerprint density at radius 1 is 1.15 bits per heavy atom. The van der Waals surface area contributed by atoms with Crippen LogP contribution >= 0.6 is 0 Å². The highest BCUT2D eigenvalue weighted by atomic mass is 16.6. The summed E-state index contributed by atoms with van der Waals surface area (Å²) < 4.78 is 11.3. The van der Waals surface area contributed by atoms with Crippen molar-refractivity contribution in [1.82, 2.24) is 0 Å². The Balaban J connectivity index is 2.30. The topological polar surface area (TPSA) is 120 Å². The molecule has 2 fully saturated rings. The van der Waals surface area contributed by atoms with E-state index in [4.69, 9.17) is 9.47 Å². The molecule has 5 N–H and O–H groups in total. The summed E-state index contributed by atoms with van der Waals surface area (Å²) in [5.41, 5.74) is -2.99. The monoisotopic (exact) mass is 292 g/mol. The van der Waals surface area contributed by atoms with Gasteiger partial charge in [-0.25, -0.2) is 0 Å². The van der Waals surface area contributed by atoms with Gasteiger partial charge in [0.2, 0.25) is 0 Å². The van der Waals surface area contributed by atoms with Gasteiger partial charge in [-0.3, -0.25) is 0 Å². The van der Waals surface area contributed by atoms with Crippen molar-refractivity contribution < 1.29 is 35.0 Å². The minimum Gasteiger partial charge on any atom is -0.393 e. The Morgan fingerprint density at radius 2 is 1.75 bits per heavy atom. The highest BCUT2D eigenvalue weighted by Crippen LogP contribution is 2.43. The fourth-order valence-electron chi connectivity index (χ4n) is 3.38. The van der Waals surface area contributed by atoms with Crippen molar-refractivity contribution in [1.29, 1.82) is 0 Å². The standard InChI is InChI=1S/C13H24O7/c1-6-9(16)8(15)4-12(3,20-6)11-13(18,5-14)10(17)7(2)19-11/h6-11,14-18H,4-5H2,1-3H3. The maximum absolute atomic E-state index is 10.5. The zero-order valence-electron chi connectivity index (χ0n) is 11.9. The fraction of sp³-hybridized carbons (Fsp3) is 1.00. The third-order valence-corrected chi connectivity index (χ3v) is 4.51. The number of ether oxygens (including phenoxy) is 2. The number of rotatable bonds is 2. The van der Waals surface area contributed by atoms with E-state index in [0.29, 0.717) is 0 Å². The molecule has 2 aliphatic rings. The van der Waals surface area contributed by atoms with Gasteiger partial charge in [0.1, 0.15) is 23.9 Å². The molecule has 0 bridgehead atoms. The Bertz CT molecular complexity index is 351. The van der Waals surface area contributed by atoms with Crippen molar-refractivity contribution in [3.8, 4) is 0 Å². The van der Waals surface area contributed by atoms with E-state index in [-0.39, 0.29) is 6.42 Å². The maximum atomic E-state index is 10.5. The Morgan fingerprint density at radius 3 is 2.25 bits per heavy atom. The van der Waals surface area contributed by atoms with Crippen LogP contribution in [0.2, 0.25) is 0 Å². The van der Waals surface area contributed by atoms with Crippen molar-refractivity contribution in [2.75, 3.05) is 6.61 Å². The Labute approximate surface area is 117 Å². The molecule has 0 spiro atoms. The lowest BCUT2D eigenvalue weighted by Gasteiger charge is -2.48. The smallest absolute Gasteiger partial charge is 0.145 e. The normalized spacial score (nSPS) is 57.0. The van der Waals surface area contributed by atoms with Crippen molar-refractivity contribution in [2.45, 2.75) is 75.0 Å². The summed E-state index contributed by atoms with van der Waals surface area (Å²) in [6.07, 6.45) is -5.59. The molecule has 0 saturated carbocycles. The van der Waals surface area contributed by atoms with E-state index in [1.165, 1.54) is 0 Å². The van der Waals surface area contributed by atoms with Crippen LogP contribution in [0.4, 0.5) is 0 Å². The Kier molecular flexibility index (Phi) is 4.16. The minimum atomic E-state index is -1.87. The first kappa shape index (κ1) is 16.1. The quantitative estimate of drug-likeness (QED) is 0.405. The SMILES string of the molecule is CC1OC(C)(C2OC(C)C(O)C2(O)CO)CC(O)C1O. The summed E-state index contributed by atoms with van der Waals surface area (Å²) in [5.74, 6) is 0. The molecule has 8 atom stereocenters. The van der Waals surface area contributed by atoms with Gasteiger partial charge in [0.25, 0.3) is 0 Å². The summed E-state index contributed by atoms with van der Waals surface area (Å²) in [5, 5.41) is 49.6. The highest BCUT2D eigenvalue weighted by molar-refractivity contribution is 5.11. The molecule has 0 radical (unpaired) electrons. The van der Waals surface area contributed by atoms with Crippen LogP contribution in [0.3, 0.4) is 0 Å². The van der Waals surface area contributed by atoms with Gasteiger partial charge in [-0.1, -0.05) is 0 Å². The second kappa shape index (κ2) is 5.17. The molecule has 0 amide bonds. The second-order valence-corrected chi connectivity index (χ2v) is 6.21. The molecule has 2 aliphatic heterocycles. The van der Waals surface area contributed by atoms with Crippen LogP contribution in [0.25, 0.3) is 0 Å². The predicted octanol–water partition coefficient (Wildman–Crippen LogP) is -1.85. The fourth-order valence-corrected chi connectivity index (χ4v) is 3.38. The molecule has 2 heterocycles. The first-order valence-corrected chi connectivity index (χ1v) is 6.86. The zero-order valence-corrected chi connectivity index (χ0v) is 11.9. The van der Waals surface area contributed by atoms with E-state index < -0.39 is 54.4 Å². The van der Waals surface area contributed by atoms with Crippen LogP contribution in [0.5, 0.6) is 0 Å². The number of aliphatic hydroxyl groups is 5. The third-order valence-electron chi connectivity index (χ3n) is 4.51. The highest BCUT2D eigenvalue weighted by Gasteiger charge is 2.62. The molecule has 118 valence electrons. The van der Waals surface area contributed by atoms with Crippen LogP contribution in [0.1, 0.15) is 27.2 Å². The largest absolute Gasteiger partial charge is 0.393 e. The zero-order chi connectivity index (χ0) is 15.3. The average Bonchev–Trinajstić information content (AvgIpc) is 2.62. The van der Waals surface area contributed by atoms with Crippen LogP contribution in [0.15, 0.2) is 0 Å². The van der Waals surface area contributed by atoms with Crippen LogP contribution < -0.4 is 0 Å². The van der Waals surface area contributed by atoms with Gasteiger partial charge in [-0.2, -0.15) is 0 Å². The molecule has 7 nitrogen and oxygen atoms in total. The second-order valence-electron chi connectivity index (χ2n) is 6.21. The van der Waals surface area contributed by atoms with E-state index in [9.17, 15) is 25.5 Å². The summed E-state index contributed by atoms with van der Waals surface area (Å²) in [7, 11) is 0. The lowest BCUT2D eigenvalue weighted by atomic mass is 9.77. The van der Waals surface area contributed by atoms with E-state index >= 15 is 0 Å². The molecule has 20 heavy (non-hydrogen) atoms. The first-order valence-electron chi connectivity index (χ1n) is 6.86. The van der Waals surface area contributed by atoms with Crippen molar-refractivity contribution in [2.24, 2.45) is 0 Å². The van der Waals surface area contributed by atoms with Gasteiger partial charge in [-0.15, -0.1) is 0 Å². The minimum absolute atomic E-state index is 0.0327. The maximum Gasteiger partial charge on any atom is 0.145 e. The Hall–Kier alpha value is -0.280.